The molecule has 5 nitrogen and oxygen atoms in total. The van der Waals surface area contributed by atoms with E-state index in [0.717, 1.165) is 17.7 Å². The van der Waals surface area contributed by atoms with Crippen molar-refractivity contribution in [3.8, 4) is 0 Å². The van der Waals surface area contributed by atoms with Gasteiger partial charge in [-0.15, -0.1) is 0 Å². The number of nitrogens with two attached hydrogens (primary N) is 1. The molecule has 0 bridgehead atoms. The van der Waals surface area contributed by atoms with Gasteiger partial charge in [-0.25, -0.2) is 4.79 Å². The molecule has 0 spiro atoms. The largest absolute Gasteiger partial charge is 0.399 e. The molecule has 0 atom stereocenters. The van der Waals surface area contributed by atoms with E-state index in [2.05, 4.69) is 4.98 Å². The molecule has 0 saturated heterocycles. The van der Waals surface area contributed by atoms with Gasteiger partial charge in [-0.05, 0) is 30.5 Å². The third kappa shape index (κ3) is 3.13. The summed E-state index contributed by atoms with van der Waals surface area (Å²) in [5.74, 6) is 0. The van der Waals surface area contributed by atoms with Gasteiger partial charge in [0.25, 0.3) is 5.56 Å². The fraction of sp³-hybridized carbons (Fsp3) is 0.286. The number of benzene rings is 1. The first-order valence-electron chi connectivity index (χ1n) is 6.27. The Bertz CT molecular complexity index is 668. The molecule has 5 heteroatoms. The highest BCUT2D eigenvalue weighted by molar-refractivity contribution is 5.39. The van der Waals surface area contributed by atoms with Crippen LogP contribution in [0.25, 0.3) is 0 Å². The van der Waals surface area contributed by atoms with Gasteiger partial charge in [0.05, 0.1) is 0 Å². The molecule has 1 heterocycles. The Kier molecular flexibility index (Phi) is 3.85. The quantitative estimate of drug-likeness (QED) is 0.801. The molecule has 1 aromatic heterocycles. The number of aromatic amines is 1. The van der Waals surface area contributed by atoms with E-state index in [1.807, 2.05) is 31.2 Å². The van der Waals surface area contributed by atoms with Gasteiger partial charge in [-0.1, -0.05) is 19.1 Å². The lowest BCUT2D eigenvalue weighted by Crippen LogP contribution is -2.32. The van der Waals surface area contributed by atoms with Crippen molar-refractivity contribution < 1.29 is 0 Å². The van der Waals surface area contributed by atoms with Crippen LogP contribution in [-0.4, -0.2) is 9.55 Å². The van der Waals surface area contributed by atoms with E-state index in [4.69, 9.17) is 5.73 Å². The average Bonchev–Trinajstić information content (AvgIpc) is 2.40. The Morgan fingerprint density at radius 1 is 1.21 bits per heavy atom. The summed E-state index contributed by atoms with van der Waals surface area (Å²) >= 11 is 0. The van der Waals surface area contributed by atoms with Gasteiger partial charge in [0.2, 0.25) is 0 Å². The lowest BCUT2D eigenvalue weighted by Gasteiger charge is -2.07. The number of nitrogen functional groups attached to an aromatic ring is 1. The van der Waals surface area contributed by atoms with Crippen molar-refractivity contribution in [1.29, 1.82) is 0 Å². The molecule has 0 radical (unpaired) electrons. The summed E-state index contributed by atoms with van der Waals surface area (Å²) in [4.78, 5) is 25.5. The number of hydrogen-bond donors (Lipinski definition) is 2. The van der Waals surface area contributed by atoms with Crippen molar-refractivity contribution in [3.63, 3.8) is 0 Å². The van der Waals surface area contributed by atoms with Crippen LogP contribution in [0.1, 0.15) is 18.1 Å². The smallest absolute Gasteiger partial charge is 0.328 e. The van der Waals surface area contributed by atoms with Gasteiger partial charge < -0.3 is 5.73 Å². The van der Waals surface area contributed by atoms with E-state index in [1.54, 1.807) is 6.20 Å². The van der Waals surface area contributed by atoms with Crippen LogP contribution >= 0.6 is 0 Å². The summed E-state index contributed by atoms with van der Waals surface area (Å²) in [6.07, 6.45) is 2.96. The molecule has 3 N–H and O–H groups in total. The lowest BCUT2D eigenvalue weighted by molar-refractivity contribution is 0.637. The zero-order valence-electron chi connectivity index (χ0n) is 10.8. The predicted octanol–water partition coefficient (Wildman–Crippen LogP) is 0.924. The van der Waals surface area contributed by atoms with Crippen molar-refractivity contribution in [2.75, 3.05) is 5.73 Å². The van der Waals surface area contributed by atoms with Gasteiger partial charge >= 0.3 is 5.69 Å². The van der Waals surface area contributed by atoms with Crippen molar-refractivity contribution in [2.24, 2.45) is 0 Å². The maximum Gasteiger partial charge on any atom is 0.328 e. The maximum atomic E-state index is 11.7. The first-order valence-corrected chi connectivity index (χ1v) is 6.27. The molecule has 0 amide bonds. The number of nitrogens with zero attached hydrogens (tertiary/aromatic N) is 1. The van der Waals surface area contributed by atoms with E-state index in [1.165, 1.54) is 4.57 Å². The Morgan fingerprint density at radius 2 is 1.89 bits per heavy atom. The molecule has 0 fully saturated rings. The van der Waals surface area contributed by atoms with Crippen molar-refractivity contribution in [1.82, 2.24) is 9.55 Å². The molecule has 2 aromatic rings. The van der Waals surface area contributed by atoms with Gasteiger partial charge in [0.1, 0.15) is 0 Å². The zero-order valence-corrected chi connectivity index (χ0v) is 10.8. The molecule has 0 saturated carbocycles. The number of H-pyrrole nitrogens is 1. The summed E-state index contributed by atoms with van der Waals surface area (Å²) in [6.45, 7) is 2.42. The van der Waals surface area contributed by atoms with Crippen LogP contribution in [0.15, 0.2) is 40.1 Å². The molecule has 0 aliphatic carbocycles. The van der Waals surface area contributed by atoms with Crippen LogP contribution in [0.2, 0.25) is 0 Å². The fourth-order valence-corrected chi connectivity index (χ4v) is 1.91. The third-order valence-corrected chi connectivity index (χ3v) is 3.09. The van der Waals surface area contributed by atoms with Gasteiger partial charge in [0, 0.05) is 24.0 Å². The molecule has 2 rings (SSSR count). The second kappa shape index (κ2) is 5.56. The Labute approximate surface area is 110 Å². The highest BCUT2D eigenvalue weighted by Gasteiger charge is 2.03. The van der Waals surface area contributed by atoms with Gasteiger partial charge in [-0.3, -0.25) is 14.3 Å². The summed E-state index contributed by atoms with van der Waals surface area (Å²) in [5.41, 5.74) is 7.40. The lowest BCUT2D eigenvalue weighted by atomic mass is 10.1. The summed E-state index contributed by atoms with van der Waals surface area (Å²) in [5, 5.41) is 0. The van der Waals surface area contributed by atoms with Crippen molar-refractivity contribution in [3.05, 3.63) is 62.4 Å². The Balaban J connectivity index is 2.17. The highest BCUT2D eigenvalue weighted by atomic mass is 16.2. The topological polar surface area (TPSA) is 80.9 Å². The van der Waals surface area contributed by atoms with Crippen LogP contribution < -0.4 is 17.0 Å². The number of aryl methyl sites for hydroxylation is 3. The second-order valence-electron chi connectivity index (χ2n) is 4.45. The highest BCUT2D eigenvalue weighted by Crippen LogP contribution is 2.06. The van der Waals surface area contributed by atoms with Crippen LogP contribution in [0, 0.1) is 0 Å². The number of aromatic nitrogens is 2. The Hall–Kier alpha value is -2.30. The van der Waals surface area contributed by atoms with Crippen LogP contribution in [0.3, 0.4) is 0 Å². The second-order valence-corrected chi connectivity index (χ2v) is 4.45. The van der Waals surface area contributed by atoms with Crippen LogP contribution in [0.4, 0.5) is 5.69 Å². The first-order chi connectivity index (χ1) is 9.10. The molecular formula is C14H17N3O2. The minimum atomic E-state index is -0.363. The summed E-state index contributed by atoms with van der Waals surface area (Å²) in [6, 6.07) is 7.55. The first kappa shape index (κ1) is 13.1. The van der Waals surface area contributed by atoms with Crippen LogP contribution in [-0.2, 0) is 19.4 Å². The average molecular weight is 259 g/mol. The number of hydrogen-bond acceptors (Lipinski definition) is 3. The van der Waals surface area contributed by atoms with Crippen molar-refractivity contribution in [2.45, 2.75) is 26.3 Å². The van der Waals surface area contributed by atoms with Crippen LogP contribution in [0.5, 0.6) is 0 Å². The van der Waals surface area contributed by atoms with E-state index in [-0.39, 0.29) is 11.2 Å². The standard InChI is InChI=1S/C14H17N3O2/c1-2-11-9-17(14(19)16-13(11)18)8-7-10-3-5-12(15)6-4-10/h3-6,9H,2,7-8,15H2,1H3,(H,16,18,19). The summed E-state index contributed by atoms with van der Waals surface area (Å²) < 4.78 is 1.54. The Morgan fingerprint density at radius 3 is 2.53 bits per heavy atom. The molecule has 1 aromatic carbocycles. The minimum absolute atomic E-state index is 0.295. The van der Waals surface area contributed by atoms with E-state index >= 15 is 0 Å². The molecule has 19 heavy (non-hydrogen) atoms. The number of anilines is 1. The van der Waals surface area contributed by atoms with E-state index in [0.29, 0.717) is 18.5 Å². The van der Waals surface area contributed by atoms with Crippen molar-refractivity contribution >= 4 is 5.69 Å². The fourth-order valence-electron chi connectivity index (χ4n) is 1.91. The molecule has 0 unspecified atom stereocenters. The predicted molar refractivity (Wildman–Crippen MR) is 75.3 cm³/mol. The third-order valence-electron chi connectivity index (χ3n) is 3.09. The monoisotopic (exact) mass is 259 g/mol. The van der Waals surface area contributed by atoms with Gasteiger partial charge in [-0.2, -0.15) is 0 Å². The minimum Gasteiger partial charge on any atom is -0.399 e. The molecule has 100 valence electrons. The molecule has 0 aliphatic heterocycles. The van der Waals surface area contributed by atoms with E-state index in [9.17, 15) is 9.59 Å². The zero-order chi connectivity index (χ0) is 13.8. The normalized spacial score (nSPS) is 10.6. The maximum absolute atomic E-state index is 11.7. The molecular weight excluding hydrogens is 242 g/mol. The summed E-state index contributed by atoms with van der Waals surface area (Å²) in [7, 11) is 0. The number of rotatable bonds is 4. The SMILES string of the molecule is CCc1cn(CCc2ccc(N)cc2)c(=O)[nH]c1=O. The molecule has 0 aliphatic rings. The van der Waals surface area contributed by atoms with E-state index < -0.39 is 0 Å². The van der Waals surface area contributed by atoms with Gasteiger partial charge in [0.15, 0.2) is 0 Å². The number of nitrogens with one attached hydrogen (secondary N) is 1.